The Morgan fingerprint density at radius 2 is 1.63 bits per heavy atom. The third-order valence-corrected chi connectivity index (χ3v) is 4.91. The second-order valence-corrected chi connectivity index (χ2v) is 7.31. The lowest BCUT2D eigenvalue weighted by atomic mass is 10.1. The normalized spacial score (nSPS) is 14.3. The Balaban J connectivity index is 1.59. The zero-order valence-electron chi connectivity index (χ0n) is 18.0. The van der Waals surface area contributed by atoms with Crippen LogP contribution in [0.3, 0.4) is 0 Å². The average Bonchev–Trinajstić information content (AvgIpc) is 3.20. The van der Waals surface area contributed by atoms with E-state index in [0.29, 0.717) is 22.5 Å². The van der Waals surface area contributed by atoms with E-state index in [2.05, 4.69) is 15.2 Å². The zero-order chi connectivity index (χ0) is 25.1. The Morgan fingerprint density at radius 1 is 0.943 bits per heavy atom. The number of azo groups is 1. The van der Waals surface area contributed by atoms with Gasteiger partial charge in [-0.3, -0.25) is 20.2 Å². The van der Waals surface area contributed by atoms with E-state index in [9.17, 15) is 30.1 Å². The third-order valence-electron chi connectivity index (χ3n) is 4.91. The number of benzene rings is 3. The minimum atomic E-state index is -0.758. The lowest BCUT2D eigenvalue weighted by Gasteiger charge is -2.02. The number of nitro benzene ring substituents is 2. The maximum atomic E-state index is 12.3. The van der Waals surface area contributed by atoms with E-state index in [0.717, 1.165) is 0 Å². The molecule has 0 unspecified atom stereocenters. The van der Waals surface area contributed by atoms with Crippen molar-refractivity contribution in [3.05, 3.63) is 103 Å². The van der Waals surface area contributed by atoms with Crippen LogP contribution >= 0.6 is 0 Å². The summed E-state index contributed by atoms with van der Waals surface area (Å²) in [4.78, 5) is 37.0. The highest BCUT2D eigenvalue weighted by molar-refractivity contribution is 6.13. The molecule has 1 N–H and O–H groups in total. The molecule has 174 valence electrons. The maximum Gasteiger partial charge on any atom is 0.363 e. The van der Waals surface area contributed by atoms with Crippen LogP contribution in [0.4, 0.5) is 22.7 Å². The maximum absolute atomic E-state index is 12.3. The van der Waals surface area contributed by atoms with Crippen molar-refractivity contribution in [3.8, 4) is 5.75 Å². The first-order chi connectivity index (χ1) is 16.7. The van der Waals surface area contributed by atoms with Crippen molar-refractivity contribution in [3.63, 3.8) is 0 Å². The predicted molar refractivity (Wildman–Crippen MR) is 124 cm³/mol. The van der Waals surface area contributed by atoms with Crippen LogP contribution in [0.25, 0.3) is 6.08 Å². The van der Waals surface area contributed by atoms with Crippen molar-refractivity contribution < 1.29 is 24.5 Å². The van der Waals surface area contributed by atoms with Gasteiger partial charge in [0.05, 0.1) is 21.2 Å². The second kappa shape index (κ2) is 9.31. The number of ether oxygens (including phenoxy) is 1. The molecule has 12 heteroatoms. The number of phenolic OH excluding ortho intramolecular Hbond substituents is 1. The van der Waals surface area contributed by atoms with Gasteiger partial charge in [-0.05, 0) is 55.0 Å². The summed E-state index contributed by atoms with van der Waals surface area (Å²) < 4.78 is 5.15. The topological polar surface area (TPSA) is 170 Å². The molecule has 1 heterocycles. The fourth-order valence-electron chi connectivity index (χ4n) is 3.10. The summed E-state index contributed by atoms with van der Waals surface area (Å²) in [5, 5.41) is 40.1. The molecule has 0 saturated heterocycles. The zero-order valence-corrected chi connectivity index (χ0v) is 18.0. The van der Waals surface area contributed by atoms with Crippen molar-refractivity contribution in [2.45, 2.75) is 6.92 Å². The van der Waals surface area contributed by atoms with Crippen LogP contribution in [0.5, 0.6) is 5.75 Å². The lowest BCUT2D eigenvalue weighted by Crippen LogP contribution is -2.05. The van der Waals surface area contributed by atoms with Gasteiger partial charge in [-0.2, -0.15) is 10.2 Å². The third kappa shape index (κ3) is 5.06. The van der Waals surface area contributed by atoms with Crippen molar-refractivity contribution in [1.29, 1.82) is 0 Å². The average molecular weight is 473 g/mol. The van der Waals surface area contributed by atoms with Crippen LogP contribution in [0.15, 0.2) is 81.6 Å². The minimum absolute atomic E-state index is 0.0277. The number of carbonyl (C=O) groups excluding carboxylic acids is 1. The van der Waals surface area contributed by atoms with Gasteiger partial charge in [0.2, 0.25) is 5.90 Å². The van der Waals surface area contributed by atoms with E-state index < -0.39 is 15.8 Å². The summed E-state index contributed by atoms with van der Waals surface area (Å²) in [6.07, 6.45) is 1.31. The number of aromatic hydroxyl groups is 1. The molecule has 1 aliphatic heterocycles. The summed E-state index contributed by atoms with van der Waals surface area (Å²) >= 11 is 0. The number of hydrogen-bond donors (Lipinski definition) is 1. The van der Waals surface area contributed by atoms with Gasteiger partial charge in [-0.15, -0.1) is 0 Å². The summed E-state index contributed by atoms with van der Waals surface area (Å²) in [5.41, 5.74) is 1.67. The molecule has 0 bridgehead atoms. The number of nitro groups is 2. The number of aryl methyl sites for hydroxylation is 1. The first-order valence-electron chi connectivity index (χ1n) is 9.98. The first-order valence-corrected chi connectivity index (χ1v) is 9.98. The molecule has 3 aromatic carbocycles. The van der Waals surface area contributed by atoms with Gasteiger partial charge in [0.1, 0.15) is 5.75 Å². The molecular formula is C23H15N5O7. The fourth-order valence-corrected chi connectivity index (χ4v) is 3.10. The predicted octanol–water partition coefficient (Wildman–Crippen LogP) is 5.28. The van der Waals surface area contributed by atoms with Gasteiger partial charge in [0.15, 0.2) is 5.70 Å². The van der Waals surface area contributed by atoms with Crippen LogP contribution < -0.4 is 0 Å². The standard InChI is InChI=1S/C23H15N5O7/c1-13-10-18(28(33)34)7-8-19(13)26-25-16-4-9-21(29)15(11-16)12-20-23(30)35-22(24-20)14-2-5-17(6-3-14)27(31)32/h2-12,29H,1H3/b20-12+,26-25?. The van der Waals surface area contributed by atoms with E-state index in [-0.39, 0.29) is 34.3 Å². The number of non-ortho nitro benzene ring substituents is 2. The molecule has 12 nitrogen and oxygen atoms in total. The Labute approximate surface area is 196 Å². The van der Waals surface area contributed by atoms with Gasteiger partial charge < -0.3 is 9.84 Å². The van der Waals surface area contributed by atoms with E-state index in [1.165, 1.54) is 66.7 Å². The van der Waals surface area contributed by atoms with Crippen LogP contribution in [-0.2, 0) is 9.53 Å². The van der Waals surface area contributed by atoms with Crippen molar-refractivity contribution in [1.82, 2.24) is 0 Å². The molecule has 0 amide bonds. The largest absolute Gasteiger partial charge is 0.507 e. The summed E-state index contributed by atoms with van der Waals surface area (Å²) in [6.45, 7) is 1.67. The molecule has 0 atom stereocenters. The molecule has 0 radical (unpaired) electrons. The molecule has 1 aliphatic rings. The Morgan fingerprint density at radius 3 is 2.29 bits per heavy atom. The highest BCUT2D eigenvalue weighted by Crippen LogP contribution is 2.30. The number of esters is 1. The van der Waals surface area contributed by atoms with E-state index in [1.54, 1.807) is 6.92 Å². The molecule has 0 aliphatic carbocycles. The molecule has 0 saturated carbocycles. The smallest absolute Gasteiger partial charge is 0.363 e. The molecule has 3 aromatic rings. The van der Waals surface area contributed by atoms with E-state index in [4.69, 9.17) is 4.74 Å². The Bertz CT molecular complexity index is 1460. The van der Waals surface area contributed by atoms with Gasteiger partial charge in [-0.25, -0.2) is 9.79 Å². The SMILES string of the molecule is Cc1cc([N+](=O)[O-])ccc1N=Nc1ccc(O)c(/C=C2/N=C(c3ccc([N+](=O)[O-])cc3)OC2=O)c1. The molecule has 35 heavy (non-hydrogen) atoms. The first kappa shape index (κ1) is 22.9. The number of aliphatic imine (C=N–C) groups is 1. The summed E-state index contributed by atoms with van der Waals surface area (Å²) in [7, 11) is 0. The molecule has 0 spiro atoms. The van der Waals surface area contributed by atoms with Crippen LogP contribution in [0.1, 0.15) is 16.7 Å². The minimum Gasteiger partial charge on any atom is -0.507 e. The van der Waals surface area contributed by atoms with Crippen molar-refractivity contribution in [2.24, 2.45) is 15.2 Å². The van der Waals surface area contributed by atoms with Gasteiger partial charge in [-0.1, -0.05) is 0 Å². The van der Waals surface area contributed by atoms with Crippen molar-refractivity contribution >= 4 is 40.7 Å². The number of hydrogen-bond acceptors (Lipinski definition) is 10. The molecule has 0 aromatic heterocycles. The van der Waals surface area contributed by atoms with Crippen LogP contribution in [-0.4, -0.2) is 26.8 Å². The number of nitrogens with zero attached hydrogens (tertiary/aromatic N) is 5. The highest BCUT2D eigenvalue weighted by Gasteiger charge is 2.25. The number of carbonyl (C=O) groups is 1. The number of rotatable bonds is 6. The fraction of sp³-hybridized carbons (Fsp3) is 0.0435. The lowest BCUT2D eigenvalue weighted by molar-refractivity contribution is -0.385. The molecular weight excluding hydrogens is 458 g/mol. The Hall–Kier alpha value is -5.26. The van der Waals surface area contributed by atoms with Gasteiger partial charge in [0, 0.05) is 35.4 Å². The van der Waals surface area contributed by atoms with Gasteiger partial charge >= 0.3 is 5.97 Å². The van der Waals surface area contributed by atoms with E-state index >= 15 is 0 Å². The van der Waals surface area contributed by atoms with Crippen LogP contribution in [0.2, 0.25) is 0 Å². The summed E-state index contributed by atoms with van der Waals surface area (Å²) in [5.74, 6) is -0.929. The van der Waals surface area contributed by atoms with E-state index in [1.807, 2.05) is 0 Å². The number of cyclic esters (lactones) is 1. The highest BCUT2D eigenvalue weighted by atomic mass is 16.6. The Kier molecular flexibility index (Phi) is 6.10. The van der Waals surface area contributed by atoms with Crippen molar-refractivity contribution in [2.75, 3.05) is 0 Å². The van der Waals surface area contributed by atoms with Crippen LogP contribution in [0, 0.1) is 27.2 Å². The summed E-state index contributed by atoms with van der Waals surface area (Å²) in [6, 6.07) is 13.9. The second-order valence-electron chi connectivity index (χ2n) is 7.31. The molecule has 4 rings (SSSR count). The van der Waals surface area contributed by atoms with Gasteiger partial charge in [0.25, 0.3) is 11.4 Å². The molecule has 0 fully saturated rings. The monoisotopic (exact) mass is 473 g/mol. The quantitative estimate of drug-likeness (QED) is 0.167. The number of phenols is 1.